The number of aromatic nitrogens is 1. The molecule has 0 radical (unpaired) electrons. The Hall–Kier alpha value is -1.49. The summed E-state index contributed by atoms with van der Waals surface area (Å²) in [6.07, 6.45) is 4.62. The highest BCUT2D eigenvalue weighted by Crippen LogP contribution is 2.28. The molecule has 5 heteroatoms. The molecule has 0 bridgehead atoms. The predicted molar refractivity (Wildman–Crippen MR) is 80.6 cm³/mol. The van der Waals surface area contributed by atoms with Gasteiger partial charge in [-0.1, -0.05) is 26.1 Å². The summed E-state index contributed by atoms with van der Waals surface area (Å²) in [6.45, 7) is 5.79. The van der Waals surface area contributed by atoms with Gasteiger partial charge in [0.2, 0.25) is 5.91 Å². The Bertz CT molecular complexity index is 443. The SMILES string of the molecule is CCC(CC)(C(=O)NC(C)c1ccncc1)C(N)=S. The number of nitrogens with one attached hydrogen (secondary N) is 1. The molecule has 1 rings (SSSR count). The molecule has 4 nitrogen and oxygen atoms in total. The highest BCUT2D eigenvalue weighted by atomic mass is 32.1. The van der Waals surface area contributed by atoms with Crippen molar-refractivity contribution in [1.29, 1.82) is 0 Å². The molecule has 0 aliphatic rings. The van der Waals surface area contributed by atoms with Crippen LogP contribution in [-0.4, -0.2) is 15.9 Å². The summed E-state index contributed by atoms with van der Waals surface area (Å²) in [4.78, 5) is 16.7. The van der Waals surface area contributed by atoms with E-state index in [9.17, 15) is 4.79 Å². The largest absolute Gasteiger partial charge is 0.392 e. The molecule has 1 amide bonds. The van der Waals surface area contributed by atoms with E-state index in [0.29, 0.717) is 12.8 Å². The first-order valence-corrected chi connectivity index (χ1v) is 6.89. The van der Waals surface area contributed by atoms with Gasteiger partial charge in [0.15, 0.2) is 0 Å². The van der Waals surface area contributed by atoms with E-state index < -0.39 is 5.41 Å². The molecular formula is C14H21N3OS. The average Bonchev–Trinajstić information content (AvgIpc) is 2.41. The van der Waals surface area contributed by atoms with Crippen LogP contribution in [0.1, 0.15) is 45.2 Å². The quantitative estimate of drug-likeness (QED) is 0.784. The highest BCUT2D eigenvalue weighted by molar-refractivity contribution is 7.80. The maximum absolute atomic E-state index is 12.5. The fourth-order valence-electron chi connectivity index (χ4n) is 2.10. The zero-order valence-electron chi connectivity index (χ0n) is 11.6. The third kappa shape index (κ3) is 3.29. The molecule has 0 aliphatic heterocycles. The molecular weight excluding hydrogens is 258 g/mol. The standard InChI is InChI=1S/C14H21N3OS/c1-4-14(5-2,12(15)19)13(18)17-10(3)11-6-8-16-9-7-11/h6-10H,4-5H2,1-3H3,(H2,15,19)(H,17,18). The number of carbonyl (C=O) groups excluding carboxylic acids is 1. The summed E-state index contributed by atoms with van der Waals surface area (Å²) in [5, 5.41) is 2.99. The van der Waals surface area contributed by atoms with Gasteiger partial charge in [0.1, 0.15) is 0 Å². The summed E-state index contributed by atoms with van der Waals surface area (Å²) in [5.74, 6) is -0.102. The second-order valence-electron chi connectivity index (χ2n) is 4.63. The van der Waals surface area contributed by atoms with Gasteiger partial charge in [-0.05, 0) is 37.5 Å². The monoisotopic (exact) mass is 279 g/mol. The van der Waals surface area contributed by atoms with Crippen LogP contribution >= 0.6 is 12.2 Å². The molecule has 1 atom stereocenters. The first kappa shape index (κ1) is 15.6. The van der Waals surface area contributed by atoms with Gasteiger partial charge in [-0.2, -0.15) is 0 Å². The molecule has 1 unspecified atom stereocenters. The molecule has 0 aromatic carbocycles. The van der Waals surface area contributed by atoms with Gasteiger partial charge in [0, 0.05) is 12.4 Å². The lowest BCUT2D eigenvalue weighted by Crippen LogP contribution is -2.48. The summed E-state index contributed by atoms with van der Waals surface area (Å²) in [7, 11) is 0. The normalized spacial score (nSPS) is 12.8. The predicted octanol–water partition coefficient (Wildman–Crippen LogP) is 2.35. The maximum atomic E-state index is 12.5. The van der Waals surface area contributed by atoms with Gasteiger partial charge in [-0.15, -0.1) is 0 Å². The smallest absolute Gasteiger partial charge is 0.233 e. The number of carbonyl (C=O) groups is 1. The van der Waals surface area contributed by atoms with E-state index in [1.54, 1.807) is 12.4 Å². The third-order valence-corrected chi connectivity index (χ3v) is 4.06. The van der Waals surface area contributed by atoms with Crippen LogP contribution in [-0.2, 0) is 4.79 Å². The molecule has 1 aromatic heterocycles. The van der Waals surface area contributed by atoms with E-state index in [4.69, 9.17) is 18.0 Å². The number of nitrogens with zero attached hydrogens (tertiary/aromatic N) is 1. The molecule has 1 heterocycles. The molecule has 0 aliphatic carbocycles. The number of amides is 1. The van der Waals surface area contributed by atoms with Crippen LogP contribution in [0.2, 0.25) is 0 Å². The lowest BCUT2D eigenvalue weighted by Gasteiger charge is -2.30. The van der Waals surface area contributed by atoms with Gasteiger partial charge in [0.25, 0.3) is 0 Å². The van der Waals surface area contributed by atoms with Gasteiger partial charge < -0.3 is 11.1 Å². The van der Waals surface area contributed by atoms with Crippen molar-refractivity contribution in [3.63, 3.8) is 0 Å². The highest BCUT2D eigenvalue weighted by Gasteiger charge is 2.38. The Kier molecular flexibility index (Phi) is 5.42. The van der Waals surface area contributed by atoms with Gasteiger partial charge in [-0.3, -0.25) is 9.78 Å². The van der Waals surface area contributed by atoms with Gasteiger partial charge in [-0.25, -0.2) is 0 Å². The van der Waals surface area contributed by atoms with Gasteiger partial charge in [0.05, 0.1) is 16.4 Å². The first-order valence-electron chi connectivity index (χ1n) is 6.48. The summed E-state index contributed by atoms with van der Waals surface area (Å²) in [5.41, 5.74) is 6.02. The molecule has 1 aromatic rings. The third-order valence-electron chi connectivity index (χ3n) is 3.67. The minimum absolute atomic E-state index is 0.0951. The summed E-state index contributed by atoms with van der Waals surface area (Å²) in [6, 6.07) is 3.67. The van der Waals surface area contributed by atoms with Crippen LogP contribution in [0, 0.1) is 5.41 Å². The summed E-state index contributed by atoms with van der Waals surface area (Å²) < 4.78 is 0. The van der Waals surface area contributed by atoms with E-state index >= 15 is 0 Å². The number of pyridine rings is 1. The Morgan fingerprint density at radius 1 is 1.42 bits per heavy atom. The summed E-state index contributed by atoms with van der Waals surface area (Å²) >= 11 is 5.08. The van der Waals surface area contributed by atoms with Crippen molar-refractivity contribution in [3.05, 3.63) is 30.1 Å². The molecule has 0 fully saturated rings. The van der Waals surface area contributed by atoms with E-state index in [-0.39, 0.29) is 16.9 Å². The Balaban J connectivity index is 2.86. The molecule has 19 heavy (non-hydrogen) atoms. The minimum Gasteiger partial charge on any atom is -0.392 e. The van der Waals surface area contributed by atoms with Crippen molar-refractivity contribution in [2.75, 3.05) is 0 Å². The fourth-order valence-corrected chi connectivity index (χ4v) is 2.48. The van der Waals surface area contributed by atoms with Crippen molar-refractivity contribution >= 4 is 23.1 Å². The molecule has 3 N–H and O–H groups in total. The van der Waals surface area contributed by atoms with Gasteiger partial charge >= 0.3 is 0 Å². The van der Waals surface area contributed by atoms with Crippen LogP contribution in [0.15, 0.2) is 24.5 Å². The molecule has 0 saturated carbocycles. The number of thiocarbonyl (C=S) groups is 1. The zero-order valence-corrected chi connectivity index (χ0v) is 12.5. The van der Waals surface area contributed by atoms with Crippen molar-refractivity contribution in [1.82, 2.24) is 10.3 Å². The van der Waals surface area contributed by atoms with E-state index in [0.717, 1.165) is 5.56 Å². The first-order chi connectivity index (χ1) is 8.97. The van der Waals surface area contributed by atoms with Crippen molar-refractivity contribution in [2.45, 2.75) is 39.7 Å². The average molecular weight is 279 g/mol. The Labute approximate surface area is 119 Å². The van der Waals surface area contributed by atoms with E-state index in [1.807, 2.05) is 32.9 Å². The zero-order chi connectivity index (χ0) is 14.5. The molecule has 104 valence electrons. The number of hydrogen-bond donors (Lipinski definition) is 2. The molecule has 0 spiro atoms. The number of rotatable bonds is 6. The second-order valence-corrected chi connectivity index (χ2v) is 5.07. The topological polar surface area (TPSA) is 68.0 Å². The lowest BCUT2D eigenvalue weighted by atomic mass is 9.81. The number of nitrogens with two attached hydrogens (primary N) is 1. The van der Waals surface area contributed by atoms with Crippen LogP contribution in [0.5, 0.6) is 0 Å². The van der Waals surface area contributed by atoms with Crippen LogP contribution in [0.25, 0.3) is 0 Å². The van der Waals surface area contributed by atoms with Crippen LogP contribution in [0.4, 0.5) is 0 Å². The van der Waals surface area contributed by atoms with Crippen molar-refractivity contribution in [2.24, 2.45) is 11.1 Å². The maximum Gasteiger partial charge on any atom is 0.233 e. The van der Waals surface area contributed by atoms with Crippen molar-refractivity contribution < 1.29 is 4.79 Å². The molecule has 0 saturated heterocycles. The minimum atomic E-state index is -0.753. The Morgan fingerprint density at radius 2 is 1.95 bits per heavy atom. The Morgan fingerprint density at radius 3 is 2.37 bits per heavy atom. The fraction of sp³-hybridized carbons (Fsp3) is 0.500. The second kappa shape index (κ2) is 6.61. The van der Waals surface area contributed by atoms with E-state index in [2.05, 4.69) is 10.3 Å². The van der Waals surface area contributed by atoms with Crippen molar-refractivity contribution in [3.8, 4) is 0 Å². The van der Waals surface area contributed by atoms with Crippen LogP contribution < -0.4 is 11.1 Å². The lowest BCUT2D eigenvalue weighted by molar-refractivity contribution is -0.128. The van der Waals surface area contributed by atoms with Crippen LogP contribution in [0.3, 0.4) is 0 Å². The number of hydrogen-bond acceptors (Lipinski definition) is 3. The van der Waals surface area contributed by atoms with E-state index in [1.165, 1.54) is 0 Å².